The van der Waals surface area contributed by atoms with Gasteiger partial charge in [0.1, 0.15) is 5.78 Å². The average Bonchev–Trinajstić information content (AvgIpc) is 2.64. The Labute approximate surface area is 145 Å². The summed E-state index contributed by atoms with van der Waals surface area (Å²) in [5.41, 5.74) is 2.29. The van der Waals surface area contributed by atoms with Crippen molar-refractivity contribution in [1.29, 1.82) is 0 Å². The molecule has 0 aliphatic carbocycles. The first kappa shape index (κ1) is 18.3. The summed E-state index contributed by atoms with van der Waals surface area (Å²) in [7, 11) is -0.394. The molecule has 0 radical (unpaired) electrons. The molecule has 0 saturated carbocycles. The Hall–Kier alpha value is -1.04. The lowest BCUT2D eigenvalue weighted by Crippen LogP contribution is -2.41. The van der Waals surface area contributed by atoms with Gasteiger partial charge in [0, 0.05) is 12.2 Å². The number of hydrogen-bond acceptors (Lipinski definition) is 4. The van der Waals surface area contributed by atoms with E-state index < -0.39 is 7.12 Å². The maximum Gasteiger partial charge on any atom is 0.491 e. The largest absolute Gasteiger partial charge is 0.491 e. The molecular formula is C18H25BO3S. The van der Waals surface area contributed by atoms with Crippen LogP contribution in [-0.2, 0) is 20.5 Å². The van der Waals surface area contributed by atoms with E-state index in [-0.39, 0.29) is 17.0 Å². The number of rotatable bonds is 5. The third-order valence-corrected chi connectivity index (χ3v) is 4.86. The fourth-order valence-corrected chi connectivity index (χ4v) is 2.72. The molecule has 0 aromatic heterocycles. The SMILES string of the molecule is CC(=O)Cc1cccc(C=C(CS)B2OC(C)(C)C(C)(C)O2)c1. The lowest BCUT2D eigenvalue weighted by Gasteiger charge is -2.32. The van der Waals surface area contributed by atoms with Gasteiger partial charge in [0.15, 0.2) is 0 Å². The Morgan fingerprint density at radius 2 is 1.83 bits per heavy atom. The summed E-state index contributed by atoms with van der Waals surface area (Å²) in [5.74, 6) is 0.708. The molecule has 23 heavy (non-hydrogen) atoms. The minimum absolute atomic E-state index is 0.159. The van der Waals surface area contributed by atoms with Crippen molar-refractivity contribution in [2.75, 3.05) is 5.75 Å². The van der Waals surface area contributed by atoms with Crippen LogP contribution in [0.2, 0.25) is 0 Å². The zero-order valence-electron chi connectivity index (χ0n) is 14.6. The molecule has 1 fully saturated rings. The van der Waals surface area contributed by atoms with Crippen LogP contribution in [0.1, 0.15) is 45.7 Å². The standard InChI is InChI=1S/C18H25BO3S/c1-13(20)9-14-7-6-8-15(10-14)11-16(12-23)19-21-17(2,3)18(4,5)22-19/h6-8,10-11,23H,9,12H2,1-5H3. The summed E-state index contributed by atoms with van der Waals surface area (Å²) in [4.78, 5) is 11.3. The number of hydrogen-bond donors (Lipinski definition) is 1. The van der Waals surface area contributed by atoms with E-state index in [2.05, 4.69) is 12.6 Å². The third kappa shape index (κ3) is 4.28. The van der Waals surface area contributed by atoms with Crippen LogP contribution in [0.25, 0.3) is 6.08 Å². The lowest BCUT2D eigenvalue weighted by molar-refractivity contribution is -0.116. The van der Waals surface area contributed by atoms with Crippen molar-refractivity contribution in [3.05, 3.63) is 40.9 Å². The zero-order valence-corrected chi connectivity index (χ0v) is 15.4. The highest BCUT2D eigenvalue weighted by molar-refractivity contribution is 7.80. The highest BCUT2D eigenvalue weighted by atomic mass is 32.1. The summed E-state index contributed by atoms with van der Waals surface area (Å²) in [6.07, 6.45) is 2.49. The summed E-state index contributed by atoms with van der Waals surface area (Å²) in [6, 6.07) is 7.97. The minimum Gasteiger partial charge on any atom is -0.400 e. The maximum absolute atomic E-state index is 11.3. The first-order chi connectivity index (χ1) is 10.6. The number of carbonyl (C=O) groups excluding carboxylic acids is 1. The summed E-state index contributed by atoms with van der Waals surface area (Å²) in [6.45, 7) is 9.76. The first-order valence-electron chi connectivity index (χ1n) is 7.90. The Kier molecular flexibility index (Phi) is 5.44. The van der Waals surface area contributed by atoms with Crippen LogP contribution in [0.15, 0.2) is 29.7 Å². The Bertz CT molecular complexity index is 606. The van der Waals surface area contributed by atoms with Gasteiger partial charge in [-0.2, -0.15) is 12.6 Å². The summed E-state index contributed by atoms with van der Waals surface area (Å²) < 4.78 is 12.2. The molecule has 0 N–H and O–H groups in total. The van der Waals surface area contributed by atoms with Gasteiger partial charge < -0.3 is 9.31 Å². The second kappa shape index (κ2) is 6.84. The van der Waals surface area contributed by atoms with Crippen molar-refractivity contribution in [1.82, 2.24) is 0 Å². The van der Waals surface area contributed by atoms with E-state index in [1.165, 1.54) is 0 Å². The number of carbonyl (C=O) groups is 1. The molecule has 124 valence electrons. The Morgan fingerprint density at radius 1 is 1.22 bits per heavy atom. The van der Waals surface area contributed by atoms with E-state index >= 15 is 0 Å². The van der Waals surface area contributed by atoms with E-state index in [9.17, 15) is 4.79 Å². The van der Waals surface area contributed by atoms with E-state index in [4.69, 9.17) is 9.31 Å². The van der Waals surface area contributed by atoms with Crippen molar-refractivity contribution in [2.45, 2.75) is 52.2 Å². The van der Waals surface area contributed by atoms with Crippen molar-refractivity contribution in [3.63, 3.8) is 0 Å². The molecule has 5 heteroatoms. The molecule has 1 saturated heterocycles. The van der Waals surface area contributed by atoms with Crippen LogP contribution in [0, 0.1) is 0 Å². The molecule has 3 nitrogen and oxygen atoms in total. The molecule has 0 atom stereocenters. The second-order valence-electron chi connectivity index (χ2n) is 7.09. The molecule has 1 aliphatic heterocycles. The van der Waals surface area contributed by atoms with Gasteiger partial charge in [0.25, 0.3) is 0 Å². The molecule has 1 aliphatic rings. The molecular weight excluding hydrogens is 307 g/mol. The number of ketones is 1. The fraction of sp³-hybridized carbons (Fsp3) is 0.500. The number of Topliss-reactive ketones (excluding diaryl/α,β-unsaturated/α-hetero) is 1. The molecule has 1 heterocycles. The molecule has 0 spiro atoms. The molecule has 0 unspecified atom stereocenters. The number of thiol groups is 1. The van der Waals surface area contributed by atoms with Crippen LogP contribution >= 0.6 is 12.6 Å². The second-order valence-corrected chi connectivity index (χ2v) is 7.41. The molecule has 0 amide bonds. The van der Waals surface area contributed by atoms with Crippen molar-refractivity contribution < 1.29 is 14.1 Å². The fourth-order valence-electron chi connectivity index (χ4n) is 2.48. The smallest absolute Gasteiger partial charge is 0.400 e. The van der Waals surface area contributed by atoms with Gasteiger partial charge in [0.2, 0.25) is 0 Å². The quantitative estimate of drug-likeness (QED) is 0.659. The monoisotopic (exact) mass is 332 g/mol. The highest BCUT2D eigenvalue weighted by Gasteiger charge is 2.52. The van der Waals surface area contributed by atoms with Gasteiger partial charge in [0.05, 0.1) is 11.2 Å². The highest BCUT2D eigenvalue weighted by Crippen LogP contribution is 2.39. The van der Waals surface area contributed by atoms with Crippen molar-refractivity contribution in [2.24, 2.45) is 0 Å². The minimum atomic E-state index is -0.394. The van der Waals surface area contributed by atoms with Crippen LogP contribution in [0.3, 0.4) is 0 Å². The van der Waals surface area contributed by atoms with Crippen LogP contribution < -0.4 is 0 Å². The van der Waals surface area contributed by atoms with E-state index in [1.54, 1.807) is 6.92 Å². The van der Waals surface area contributed by atoms with E-state index in [0.29, 0.717) is 12.2 Å². The molecule has 0 bridgehead atoms. The summed E-state index contributed by atoms with van der Waals surface area (Å²) >= 11 is 4.43. The molecule has 1 aromatic carbocycles. The van der Waals surface area contributed by atoms with Crippen molar-refractivity contribution in [3.8, 4) is 0 Å². The topological polar surface area (TPSA) is 35.5 Å². The van der Waals surface area contributed by atoms with Gasteiger partial charge in [-0.05, 0) is 51.2 Å². The zero-order chi connectivity index (χ0) is 17.3. The average molecular weight is 332 g/mol. The normalized spacial score (nSPS) is 19.9. The number of benzene rings is 1. The van der Waals surface area contributed by atoms with Gasteiger partial charge in [-0.3, -0.25) is 4.79 Å². The van der Waals surface area contributed by atoms with Gasteiger partial charge in [-0.1, -0.05) is 30.3 Å². The van der Waals surface area contributed by atoms with E-state index in [1.807, 2.05) is 58.0 Å². The van der Waals surface area contributed by atoms with Gasteiger partial charge in [-0.25, -0.2) is 0 Å². The van der Waals surface area contributed by atoms with Gasteiger partial charge in [-0.15, -0.1) is 0 Å². The third-order valence-electron chi connectivity index (χ3n) is 4.49. The van der Waals surface area contributed by atoms with E-state index in [0.717, 1.165) is 16.6 Å². The Balaban J connectivity index is 2.25. The molecule has 1 aromatic rings. The van der Waals surface area contributed by atoms with Gasteiger partial charge >= 0.3 is 7.12 Å². The van der Waals surface area contributed by atoms with Crippen LogP contribution in [0.4, 0.5) is 0 Å². The maximum atomic E-state index is 11.3. The first-order valence-corrected chi connectivity index (χ1v) is 8.53. The molecule has 2 rings (SSSR count). The summed E-state index contributed by atoms with van der Waals surface area (Å²) in [5, 5.41) is 0. The lowest BCUT2D eigenvalue weighted by atomic mass is 9.78. The Morgan fingerprint density at radius 3 is 2.35 bits per heavy atom. The van der Waals surface area contributed by atoms with Crippen LogP contribution in [0.5, 0.6) is 0 Å². The predicted molar refractivity (Wildman–Crippen MR) is 98.7 cm³/mol. The van der Waals surface area contributed by atoms with Crippen molar-refractivity contribution >= 4 is 31.6 Å². The van der Waals surface area contributed by atoms with Crippen LogP contribution in [-0.4, -0.2) is 29.9 Å². The predicted octanol–water partition coefficient (Wildman–Crippen LogP) is 3.76.